The van der Waals surface area contributed by atoms with E-state index in [1.165, 1.54) is 4.90 Å². The van der Waals surface area contributed by atoms with Gasteiger partial charge in [-0.25, -0.2) is 9.59 Å². The highest BCUT2D eigenvalue weighted by Gasteiger charge is 2.28. The summed E-state index contributed by atoms with van der Waals surface area (Å²) in [6, 6.07) is 5.79. The van der Waals surface area contributed by atoms with Gasteiger partial charge in [-0.2, -0.15) is 0 Å². The molecule has 1 aromatic carbocycles. The number of nitrogens with one attached hydrogen (secondary N) is 1. The first-order chi connectivity index (χ1) is 9.52. The number of rotatable bonds is 3. The molecule has 6 heteroatoms. The molecule has 2 amide bonds. The van der Waals surface area contributed by atoms with Gasteiger partial charge in [0.1, 0.15) is 0 Å². The van der Waals surface area contributed by atoms with Crippen LogP contribution in [0.1, 0.15) is 12.5 Å². The van der Waals surface area contributed by atoms with E-state index in [4.69, 9.17) is 10.2 Å². The number of carboxylic acid groups (broad SMARTS) is 1. The number of anilines is 1. The summed E-state index contributed by atoms with van der Waals surface area (Å²) in [4.78, 5) is 24.6. The number of amides is 2. The molecule has 20 heavy (non-hydrogen) atoms. The number of urea groups is 1. The van der Waals surface area contributed by atoms with Gasteiger partial charge < -0.3 is 15.5 Å². The van der Waals surface area contributed by atoms with Crippen molar-refractivity contribution in [3.8, 4) is 0 Å². The smallest absolute Gasteiger partial charge is 0.328 e. The lowest BCUT2D eigenvalue weighted by Crippen LogP contribution is -2.52. The molecule has 1 unspecified atom stereocenters. The van der Waals surface area contributed by atoms with Gasteiger partial charge in [-0.15, -0.1) is 0 Å². The molecule has 1 heterocycles. The Kier molecular flexibility index (Phi) is 4.24. The molecule has 0 radical (unpaired) electrons. The summed E-state index contributed by atoms with van der Waals surface area (Å²) in [6.07, 6.45) is 0.891. The van der Waals surface area contributed by atoms with Gasteiger partial charge in [0.15, 0.2) is 6.04 Å². The summed E-state index contributed by atoms with van der Waals surface area (Å²) in [5.41, 5.74) is 1.86. The van der Waals surface area contributed by atoms with E-state index in [2.05, 4.69) is 5.32 Å². The van der Waals surface area contributed by atoms with Gasteiger partial charge >= 0.3 is 12.0 Å². The largest absolute Gasteiger partial charge is 0.480 e. The van der Waals surface area contributed by atoms with Crippen LogP contribution >= 0.6 is 0 Å². The Bertz CT molecular complexity index is 518. The number of benzene rings is 1. The fourth-order valence-corrected chi connectivity index (χ4v) is 2.40. The Morgan fingerprint density at radius 2 is 2.15 bits per heavy atom. The lowest BCUT2D eigenvalue weighted by Gasteiger charge is -2.33. The van der Waals surface area contributed by atoms with Gasteiger partial charge in [-0.3, -0.25) is 4.90 Å². The molecule has 0 saturated carbocycles. The number of carbonyl (C=O) groups excluding carboxylic acids is 1. The monoisotopic (exact) mass is 278 g/mol. The van der Waals surface area contributed by atoms with Gasteiger partial charge in [0.05, 0.1) is 6.61 Å². The van der Waals surface area contributed by atoms with E-state index >= 15 is 0 Å². The molecule has 3 N–H and O–H groups in total. The molecular weight excluding hydrogens is 260 g/mol. The van der Waals surface area contributed by atoms with Crippen LogP contribution in [0.2, 0.25) is 0 Å². The van der Waals surface area contributed by atoms with Crippen molar-refractivity contribution in [2.45, 2.75) is 19.4 Å². The van der Waals surface area contributed by atoms with Crippen molar-refractivity contribution in [2.24, 2.45) is 5.92 Å². The van der Waals surface area contributed by atoms with Crippen LogP contribution in [0.15, 0.2) is 24.3 Å². The average molecular weight is 278 g/mol. The maximum atomic E-state index is 12.2. The first-order valence-corrected chi connectivity index (χ1v) is 6.52. The van der Waals surface area contributed by atoms with Crippen LogP contribution in [0.25, 0.3) is 0 Å². The van der Waals surface area contributed by atoms with E-state index in [0.29, 0.717) is 12.5 Å². The maximum absolute atomic E-state index is 12.2. The zero-order chi connectivity index (χ0) is 14.7. The third-order valence-electron chi connectivity index (χ3n) is 3.37. The molecule has 2 atom stereocenters. The van der Waals surface area contributed by atoms with Gasteiger partial charge in [-0.1, -0.05) is 25.1 Å². The number of hydrogen-bond donors (Lipinski definition) is 3. The summed E-state index contributed by atoms with van der Waals surface area (Å²) in [5, 5.41) is 20.2. The minimum Gasteiger partial charge on any atom is -0.480 e. The van der Waals surface area contributed by atoms with Crippen molar-refractivity contribution < 1.29 is 19.8 Å². The summed E-state index contributed by atoms with van der Waals surface area (Å²) < 4.78 is 0. The number of aliphatic hydroxyl groups is 1. The lowest BCUT2D eigenvalue weighted by atomic mass is 9.94. The van der Waals surface area contributed by atoms with Crippen molar-refractivity contribution in [1.82, 2.24) is 5.32 Å². The van der Waals surface area contributed by atoms with Crippen LogP contribution in [-0.2, 0) is 11.2 Å². The standard InChI is InChI=1S/C14H18N2O4/c1-9-6-10-4-2-3-5-12(10)16(7-9)14(20)15-11(8-17)13(18)19/h2-5,9,11,17H,6-8H2,1H3,(H,15,20)(H,18,19)/t9?,11-/m1/s1. The highest BCUT2D eigenvalue weighted by molar-refractivity contribution is 5.95. The highest BCUT2D eigenvalue weighted by atomic mass is 16.4. The van der Waals surface area contributed by atoms with Crippen LogP contribution in [-0.4, -0.2) is 41.4 Å². The number of carbonyl (C=O) groups is 2. The first-order valence-electron chi connectivity index (χ1n) is 6.52. The molecule has 0 saturated heterocycles. The van der Waals surface area contributed by atoms with Gasteiger partial charge in [0.2, 0.25) is 0 Å². The molecule has 108 valence electrons. The van der Waals surface area contributed by atoms with Crippen LogP contribution in [0.4, 0.5) is 10.5 Å². The van der Waals surface area contributed by atoms with Crippen LogP contribution in [0, 0.1) is 5.92 Å². The Morgan fingerprint density at radius 3 is 2.80 bits per heavy atom. The molecule has 0 aromatic heterocycles. The number of hydrogen-bond acceptors (Lipinski definition) is 3. The van der Waals surface area contributed by atoms with Gasteiger partial charge in [0.25, 0.3) is 0 Å². The molecule has 0 spiro atoms. The summed E-state index contributed by atoms with van der Waals surface area (Å²) in [6.45, 7) is 1.93. The van der Waals surface area contributed by atoms with Gasteiger partial charge in [0, 0.05) is 12.2 Å². The zero-order valence-corrected chi connectivity index (χ0v) is 11.2. The molecule has 2 rings (SSSR count). The average Bonchev–Trinajstić information content (AvgIpc) is 2.43. The van der Waals surface area contributed by atoms with Crippen LogP contribution < -0.4 is 10.2 Å². The summed E-state index contributed by atoms with van der Waals surface area (Å²) in [5.74, 6) is -0.952. The molecular formula is C14H18N2O4. The third-order valence-corrected chi connectivity index (χ3v) is 3.37. The number of carboxylic acids is 1. The highest BCUT2D eigenvalue weighted by Crippen LogP contribution is 2.29. The predicted molar refractivity (Wildman–Crippen MR) is 73.7 cm³/mol. The number of nitrogens with zero attached hydrogens (tertiary/aromatic N) is 1. The Hall–Kier alpha value is -2.08. The number of para-hydroxylation sites is 1. The molecule has 1 aliphatic rings. The van der Waals surface area contributed by atoms with E-state index in [1.54, 1.807) is 0 Å². The molecule has 1 aliphatic heterocycles. The number of aliphatic carboxylic acids is 1. The second-order valence-corrected chi connectivity index (χ2v) is 5.07. The Labute approximate surface area is 117 Å². The zero-order valence-electron chi connectivity index (χ0n) is 11.2. The Morgan fingerprint density at radius 1 is 1.45 bits per heavy atom. The second kappa shape index (κ2) is 5.92. The maximum Gasteiger partial charge on any atom is 0.328 e. The number of fused-ring (bicyclic) bond motifs is 1. The lowest BCUT2D eigenvalue weighted by molar-refractivity contribution is -0.140. The van der Waals surface area contributed by atoms with Crippen LogP contribution in [0.3, 0.4) is 0 Å². The summed E-state index contributed by atoms with van der Waals surface area (Å²) in [7, 11) is 0. The molecule has 6 nitrogen and oxygen atoms in total. The minimum atomic E-state index is -1.29. The molecule has 0 aliphatic carbocycles. The fourth-order valence-electron chi connectivity index (χ4n) is 2.40. The topological polar surface area (TPSA) is 89.9 Å². The van der Waals surface area contributed by atoms with Crippen LogP contribution in [0.5, 0.6) is 0 Å². The van der Waals surface area contributed by atoms with Crippen molar-refractivity contribution in [3.05, 3.63) is 29.8 Å². The van der Waals surface area contributed by atoms with Crippen molar-refractivity contribution in [1.29, 1.82) is 0 Å². The third kappa shape index (κ3) is 2.91. The number of aliphatic hydroxyl groups excluding tert-OH is 1. The van der Waals surface area contributed by atoms with E-state index < -0.39 is 24.6 Å². The molecule has 0 bridgehead atoms. The quantitative estimate of drug-likeness (QED) is 0.764. The summed E-state index contributed by atoms with van der Waals surface area (Å²) >= 11 is 0. The second-order valence-electron chi connectivity index (χ2n) is 5.07. The van der Waals surface area contributed by atoms with Crippen molar-refractivity contribution in [2.75, 3.05) is 18.1 Å². The minimum absolute atomic E-state index is 0.299. The Balaban J connectivity index is 2.20. The predicted octanol–water partition coefficient (Wildman–Crippen LogP) is 0.840. The van der Waals surface area contributed by atoms with E-state index in [1.807, 2.05) is 31.2 Å². The van der Waals surface area contributed by atoms with Crippen molar-refractivity contribution in [3.63, 3.8) is 0 Å². The normalized spacial score (nSPS) is 19.1. The van der Waals surface area contributed by atoms with Gasteiger partial charge in [-0.05, 0) is 24.0 Å². The van der Waals surface area contributed by atoms with E-state index in [9.17, 15) is 9.59 Å². The SMILES string of the molecule is CC1Cc2ccccc2N(C(=O)N[C@H](CO)C(=O)O)C1. The van der Waals surface area contributed by atoms with E-state index in [-0.39, 0.29) is 0 Å². The fraction of sp³-hybridized carbons (Fsp3) is 0.429. The first kappa shape index (κ1) is 14.3. The van der Waals surface area contributed by atoms with E-state index in [0.717, 1.165) is 17.7 Å². The molecule has 1 aromatic rings. The van der Waals surface area contributed by atoms with Crippen molar-refractivity contribution >= 4 is 17.7 Å². The molecule has 0 fully saturated rings.